The van der Waals surface area contributed by atoms with Crippen molar-refractivity contribution in [3.63, 3.8) is 0 Å². The summed E-state index contributed by atoms with van der Waals surface area (Å²) in [5, 5.41) is 3.17. The first kappa shape index (κ1) is 20.2. The highest BCUT2D eigenvalue weighted by Gasteiger charge is 2.19. The lowest BCUT2D eigenvalue weighted by molar-refractivity contribution is 0.150. The lowest BCUT2D eigenvalue weighted by Crippen LogP contribution is -2.42. The van der Waals surface area contributed by atoms with Gasteiger partial charge in [-0.3, -0.25) is 14.9 Å². The van der Waals surface area contributed by atoms with Crippen molar-refractivity contribution < 1.29 is 0 Å². The second-order valence-electron chi connectivity index (χ2n) is 6.29. The molecule has 1 aromatic rings. The summed E-state index contributed by atoms with van der Waals surface area (Å²) >= 11 is 0. The van der Waals surface area contributed by atoms with Gasteiger partial charge in [0.15, 0.2) is 5.96 Å². The van der Waals surface area contributed by atoms with Gasteiger partial charge in [-0.1, -0.05) is 13.0 Å². The number of nitrogens with zero attached hydrogens (tertiary/aromatic N) is 3. The van der Waals surface area contributed by atoms with E-state index in [9.17, 15) is 0 Å². The van der Waals surface area contributed by atoms with E-state index in [1.807, 2.05) is 24.4 Å². The van der Waals surface area contributed by atoms with E-state index in [1.54, 1.807) is 0 Å². The molecule has 0 radical (unpaired) electrons. The summed E-state index contributed by atoms with van der Waals surface area (Å²) in [5.41, 5.74) is 7.01. The molecule has 130 valence electrons. The third-order valence-corrected chi connectivity index (χ3v) is 4.38. The fraction of sp³-hybridized carbons (Fsp3) is 0.647. The van der Waals surface area contributed by atoms with Gasteiger partial charge in [0.2, 0.25) is 0 Å². The Kier molecular flexibility index (Phi) is 9.47. The van der Waals surface area contributed by atoms with Crippen molar-refractivity contribution >= 4 is 29.9 Å². The number of aliphatic imine (C=N–C) groups is 1. The quantitative estimate of drug-likeness (QED) is 0.412. The molecule has 1 fully saturated rings. The van der Waals surface area contributed by atoms with Crippen molar-refractivity contribution in [2.75, 3.05) is 26.2 Å². The average molecular weight is 431 g/mol. The zero-order valence-corrected chi connectivity index (χ0v) is 16.6. The first-order chi connectivity index (χ1) is 10.6. The molecule has 0 amide bonds. The third kappa shape index (κ3) is 7.48. The van der Waals surface area contributed by atoms with Crippen LogP contribution in [-0.4, -0.2) is 48.1 Å². The van der Waals surface area contributed by atoms with E-state index in [0.717, 1.165) is 31.1 Å². The Balaban J connectivity index is 0.00000264. The number of guanidine groups is 1. The van der Waals surface area contributed by atoms with E-state index in [2.05, 4.69) is 34.0 Å². The van der Waals surface area contributed by atoms with Gasteiger partial charge < -0.3 is 11.1 Å². The van der Waals surface area contributed by atoms with Crippen molar-refractivity contribution in [1.29, 1.82) is 0 Å². The minimum absolute atomic E-state index is 0. The van der Waals surface area contributed by atoms with Gasteiger partial charge in [-0.25, -0.2) is 0 Å². The van der Waals surface area contributed by atoms with E-state index in [4.69, 9.17) is 5.73 Å². The number of nitrogens with two attached hydrogens (primary N) is 1. The van der Waals surface area contributed by atoms with Crippen LogP contribution in [0.4, 0.5) is 0 Å². The molecule has 1 atom stereocenters. The van der Waals surface area contributed by atoms with Crippen molar-refractivity contribution in [3.05, 3.63) is 30.1 Å². The smallest absolute Gasteiger partial charge is 0.188 e. The molecule has 23 heavy (non-hydrogen) atoms. The molecule has 1 aromatic heterocycles. The highest BCUT2D eigenvalue weighted by Crippen LogP contribution is 2.17. The summed E-state index contributed by atoms with van der Waals surface area (Å²) < 4.78 is 0. The van der Waals surface area contributed by atoms with E-state index >= 15 is 0 Å². The maximum absolute atomic E-state index is 5.94. The SMILES string of the molecule is CC1CCN(C(C)CN=C(N)NCCc2ccccn2)CC1.I. The van der Waals surface area contributed by atoms with E-state index in [0.29, 0.717) is 12.0 Å². The molecule has 0 saturated carbocycles. The minimum Gasteiger partial charge on any atom is -0.370 e. The van der Waals surface area contributed by atoms with Crippen LogP contribution >= 0.6 is 24.0 Å². The number of hydrogen-bond donors (Lipinski definition) is 2. The molecule has 3 N–H and O–H groups in total. The monoisotopic (exact) mass is 431 g/mol. The maximum Gasteiger partial charge on any atom is 0.188 e. The zero-order valence-electron chi connectivity index (χ0n) is 14.2. The fourth-order valence-electron chi connectivity index (χ4n) is 2.74. The van der Waals surface area contributed by atoms with Crippen LogP contribution in [0.15, 0.2) is 29.4 Å². The molecule has 2 heterocycles. The standard InChI is InChI=1S/C17H29N5.HI/c1-14-7-11-22(12-8-14)15(2)13-21-17(18)20-10-6-16-5-3-4-9-19-16;/h3-5,9,14-15H,6-8,10-13H2,1-2H3,(H3,18,20,21);1H. The third-order valence-electron chi connectivity index (χ3n) is 4.38. The molecule has 2 rings (SSSR count). The maximum atomic E-state index is 5.94. The first-order valence-corrected chi connectivity index (χ1v) is 8.33. The predicted octanol–water partition coefficient (Wildman–Crippen LogP) is 2.27. The topological polar surface area (TPSA) is 66.5 Å². The Morgan fingerprint density at radius 3 is 2.83 bits per heavy atom. The summed E-state index contributed by atoms with van der Waals surface area (Å²) in [7, 11) is 0. The summed E-state index contributed by atoms with van der Waals surface area (Å²) in [6.07, 6.45) is 5.27. The van der Waals surface area contributed by atoms with Crippen molar-refractivity contribution in [2.24, 2.45) is 16.6 Å². The number of aromatic nitrogens is 1. The van der Waals surface area contributed by atoms with Crippen LogP contribution in [0.25, 0.3) is 0 Å². The predicted molar refractivity (Wildman–Crippen MR) is 107 cm³/mol. The fourth-order valence-corrected chi connectivity index (χ4v) is 2.74. The molecule has 0 spiro atoms. The Morgan fingerprint density at radius 1 is 1.43 bits per heavy atom. The van der Waals surface area contributed by atoms with Crippen LogP contribution in [0.1, 0.15) is 32.4 Å². The molecule has 1 aliphatic heterocycles. The average Bonchev–Trinajstić information content (AvgIpc) is 2.54. The van der Waals surface area contributed by atoms with Crippen LogP contribution in [0.3, 0.4) is 0 Å². The first-order valence-electron chi connectivity index (χ1n) is 8.33. The summed E-state index contributed by atoms with van der Waals surface area (Å²) in [5.74, 6) is 1.40. The Labute approximate surface area is 157 Å². The van der Waals surface area contributed by atoms with Crippen LogP contribution in [0, 0.1) is 5.92 Å². The van der Waals surface area contributed by atoms with Gasteiger partial charge in [-0.2, -0.15) is 0 Å². The number of rotatable bonds is 6. The van der Waals surface area contributed by atoms with Gasteiger partial charge in [0, 0.05) is 30.9 Å². The van der Waals surface area contributed by atoms with Gasteiger partial charge in [-0.15, -0.1) is 24.0 Å². The van der Waals surface area contributed by atoms with Crippen LogP contribution in [0.2, 0.25) is 0 Å². The number of hydrogen-bond acceptors (Lipinski definition) is 3. The molecule has 6 heteroatoms. The molecule has 1 unspecified atom stereocenters. The molecule has 0 aromatic carbocycles. The van der Waals surface area contributed by atoms with E-state index in [1.165, 1.54) is 25.9 Å². The normalized spacial score (nSPS) is 18.3. The summed E-state index contributed by atoms with van der Waals surface area (Å²) in [6.45, 7) is 8.47. The van der Waals surface area contributed by atoms with Crippen molar-refractivity contribution in [3.8, 4) is 0 Å². The van der Waals surface area contributed by atoms with Crippen LogP contribution < -0.4 is 11.1 Å². The number of piperidine rings is 1. The Bertz CT molecular complexity index is 457. The van der Waals surface area contributed by atoms with E-state index < -0.39 is 0 Å². The highest BCUT2D eigenvalue weighted by atomic mass is 127. The molecule has 0 aliphatic carbocycles. The number of pyridine rings is 1. The van der Waals surface area contributed by atoms with Gasteiger partial charge >= 0.3 is 0 Å². The second kappa shape index (κ2) is 10.8. The Hall–Kier alpha value is -0.890. The lowest BCUT2D eigenvalue weighted by atomic mass is 9.98. The van der Waals surface area contributed by atoms with Crippen LogP contribution in [-0.2, 0) is 6.42 Å². The van der Waals surface area contributed by atoms with Gasteiger partial charge in [0.05, 0.1) is 6.54 Å². The molecule has 0 bridgehead atoms. The van der Waals surface area contributed by atoms with Gasteiger partial charge in [-0.05, 0) is 50.9 Å². The largest absolute Gasteiger partial charge is 0.370 e. The number of likely N-dealkylation sites (tertiary alicyclic amines) is 1. The molecular weight excluding hydrogens is 401 g/mol. The molecule has 1 aliphatic rings. The molecule has 1 saturated heterocycles. The summed E-state index contributed by atoms with van der Waals surface area (Å²) in [4.78, 5) is 11.3. The zero-order chi connectivity index (χ0) is 15.8. The molecule has 5 nitrogen and oxygen atoms in total. The van der Waals surface area contributed by atoms with Gasteiger partial charge in [0.25, 0.3) is 0 Å². The number of halogens is 1. The highest BCUT2D eigenvalue weighted by molar-refractivity contribution is 14.0. The van der Waals surface area contributed by atoms with Gasteiger partial charge in [0.1, 0.15) is 0 Å². The Morgan fingerprint density at radius 2 is 2.17 bits per heavy atom. The van der Waals surface area contributed by atoms with Crippen molar-refractivity contribution in [2.45, 2.75) is 39.2 Å². The summed E-state index contributed by atoms with van der Waals surface area (Å²) in [6, 6.07) is 6.41. The second-order valence-corrected chi connectivity index (χ2v) is 6.29. The van der Waals surface area contributed by atoms with Crippen LogP contribution in [0.5, 0.6) is 0 Å². The van der Waals surface area contributed by atoms with Crippen molar-refractivity contribution in [1.82, 2.24) is 15.2 Å². The lowest BCUT2D eigenvalue weighted by Gasteiger charge is -2.34. The molecular formula is C17H30IN5. The number of nitrogens with one attached hydrogen (secondary N) is 1. The minimum atomic E-state index is 0. The van der Waals surface area contributed by atoms with E-state index in [-0.39, 0.29) is 24.0 Å².